The number of rotatable bonds is 8. The Morgan fingerprint density at radius 1 is 1.21 bits per heavy atom. The normalized spacial score (nSPS) is 15.9. The number of halogens is 2. The van der Waals surface area contributed by atoms with Crippen LogP contribution in [0.1, 0.15) is 27.2 Å². The minimum atomic E-state index is -2.37. The van der Waals surface area contributed by atoms with Crippen LogP contribution in [0.15, 0.2) is 0 Å². The molecule has 0 rings (SSSR count). The number of alkyl halides is 2. The van der Waals surface area contributed by atoms with Gasteiger partial charge in [0.1, 0.15) is 6.61 Å². The van der Waals surface area contributed by atoms with Crippen molar-refractivity contribution in [1.82, 2.24) is 5.32 Å². The van der Waals surface area contributed by atoms with Crippen LogP contribution in [0.5, 0.6) is 0 Å². The van der Waals surface area contributed by atoms with Gasteiger partial charge in [-0.25, -0.2) is 8.78 Å². The van der Waals surface area contributed by atoms with Crippen LogP contribution < -0.4 is 5.32 Å². The molecular formula is C10H21F2NO. The fourth-order valence-electron chi connectivity index (χ4n) is 1.26. The highest BCUT2D eigenvalue weighted by molar-refractivity contribution is 4.71. The third-order valence-corrected chi connectivity index (χ3v) is 2.34. The molecule has 14 heavy (non-hydrogen) atoms. The molecule has 0 heterocycles. The van der Waals surface area contributed by atoms with Gasteiger partial charge in [-0.1, -0.05) is 27.2 Å². The number of hydrogen-bond donors (Lipinski definition) is 1. The molecule has 4 heteroatoms. The van der Waals surface area contributed by atoms with Crippen LogP contribution in [-0.2, 0) is 4.74 Å². The lowest BCUT2D eigenvalue weighted by Gasteiger charge is -2.23. The molecule has 0 saturated heterocycles. The number of hydrogen-bond acceptors (Lipinski definition) is 2. The first-order valence-electron chi connectivity index (χ1n) is 5.21. The highest BCUT2D eigenvalue weighted by Gasteiger charge is 2.15. The van der Waals surface area contributed by atoms with Crippen LogP contribution in [-0.4, -0.2) is 32.2 Å². The monoisotopic (exact) mass is 209 g/mol. The Hall–Kier alpha value is -0.220. The lowest BCUT2D eigenvalue weighted by atomic mass is 10.00. The van der Waals surface area contributed by atoms with Gasteiger partial charge in [-0.15, -0.1) is 0 Å². The average molecular weight is 209 g/mol. The maximum atomic E-state index is 11.8. The quantitative estimate of drug-likeness (QED) is 0.662. The molecule has 2 nitrogen and oxygen atoms in total. The molecule has 0 fully saturated rings. The predicted octanol–water partition coefficient (Wildman–Crippen LogP) is 2.29. The van der Waals surface area contributed by atoms with Gasteiger partial charge in [0.25, 0.3) is 6.43 Å². The Balaban J connectivity index is 3.72. The second-order valence-corrected chi connectivity index (χ2v) is 3.48. The molecule has 0 spiro atoms. The summed E-state index contributed by atoms with van der Waals surface area (Å²) in [6, 6.07) is 0.184. The molecule has 0 aromatic carbocycles. The summed E-state index contributed by atoms with van der Waals surface area (Å²) in [5, 5.41) is 3.24. The van der Waals surface area contributed by atoms with Crippen molar-refractivity contribution < 1.29 is 13.5 Å². The molecule has 2 unspecified atom stereocenters. The van der Waals surface area contributed by atoms with Crippen LogP contribution in [0.2, 0.25) is 0 Å². The molecule has 0 aliphatic rings. The van der Waals surface area contributed by atoms with Gasteiger partial charge in [-0.2, -0.15) is 0 Å². The van der Waals surface area contributed by atoms with Gasteiger partial charge in [0, 0.05) is 6.04 Å². The molecule has 0 aromatic rings. The Morgan fingerprint density at radius 2 is 1.86 bits per heavy atom. The van der Waals surface area contributed by atoms with E-state index in [0.717, 1.165) is 13.0 Å². The summed E-state index contributed by atoms with van der Waals surface area (Å²) in [7, 11) is 0. The van der Waals surface area contributed by atoms with E-state index in [9.17, 15) is 8.78 Å². The third kappa shape index (κ3) is 6.27. The van der Waals surface area contributed by atoms with E-state index in [1.807, 2.05) is 6.92 Å². The minimum absolute atomic E-state index is 0.184. The van der Waals surface area contributed by atoms with E-state index < -0.39 is 13.0 Å². The second kappa shape index (κ2) is 8.12. The van der Waals surface area contributed by atoms with E-state index in [2.05, 4.69) is 19.2 Å². The summed E-state index contributed by atoms with van der Waals surface area (Å²) in [6.07, 6.45) is -1.34. The zero-order valence-corrected chi connectivity index (χ0v) is 9.22. The lowest BCUT2D eigenvalue weighted by Crippen LogP contribution is -2.39. The zero-order valence-electron chi connectivity index (χ0n) is 9.22. The maximum absolute atomic E-state index is 11.8. The van der Waals surface area contributed by atoms with Crippen molar-refractivity contribution in [2.24, 2.45) is 5.92 Å². The molecule has 0 aliphatic heterocycles. The molecule has 2 atom stereocenters. The summed E-state index contributed by atoms with van der Waals surface area (Å²) in [5.74, 6) is 0.452. The number of ether oxygens (including phenoxy) is 1. The second-order valence-electron chi connectivity index (χ2n) is 3.48. The van der Waals surface area contributed by atoms with Crippen molar-refractivity contribution in [3.63, 3.8) is 0 Å². The fourth-order valence-corrected chi connectivity index (χ4v) is 1.26. The van der Waals surface area contributed by atoms with Crippen molar-refractivity contribution in [2.45, 2.75) is 39.7 Å². The molecular weight excluding hydrogens is 188 g/mol. The van der Waals surface area contributed by atoms with Crippen LogP contribution in [0, 0.1) is 5.92 Å². The largest absolute Gasteiger partial charge is 0.374 e. The maximum Gasteiger partial charge on any atom is 0.261 e. The highest BCUT2D eigenvalue weighted by Crippen LogP contribution is 2.08. The molecule has 1 N–H and O–H groups in total. The molecule has 0 saturated carbocycles. The van der Waals surface area contributed by atoms with Crippen molar-refractivity contribution >= 4 is 0 Å². The Kier molecular flexibility index (Phi) is 7.99. The van der Waals surface area contributed by atoms with Gasteiger partial charge in [0.2, 0.25) is 0 Å². The number of nitrogens with one attached hydrogen (secondary N) is 1. The standard InChI is InChI=1S/C10H21F2NO/c1-4-8(3)9(13-5-2)6-14-7-10(11)12/h8-10,13H,4-7H2,1-3H3. The van der Waals surface area contributed by atoms with Gasteiger partial charge in [-0.3, -0.25) is 0 Å². The summed E-state index contributed by atoms with van der Waals surface area (Å²) >= 11 is 0. The Morgan fingerprint density at radius 3 is 2.29 bits per heavy atom. The van der Waals surface area contributed by atoms with E-state index >= 15 is 0 Å². The molecule has 0 aliphatic carbocycles. The first-order valence-corrected chi connectivity index (χ1v) is 5.21. The smallest absolute Gasteiger partial charge is 0.261 e. The molecule has 86 valence electrons. The van der Waals surface area contributed by atoms with Gasteiger partial charge in [-0.05, 0) is 12.5 Å². The first kappa shape index (κ1) is 13.8. The molecule has 0 aromatic heterocycles. The van der Waals surface area contributed by atoms with Crippen LogP contribution in [0.3, 0.4) is 0 Å². The van der Waals surface area contributed by atoms with Crippen molar-refractivity contribution in [3.8, 4) is 0 Å². The van der Waals surface area contributed by atoms with Crippen LogP contribution in [0.4, 0.5) is 8.78 Å². The van der Waals surface area contributed by atoms with Crippen molar-refractivity contribution in [3.05, 3.63) is 0 Å². The highest BCUT2D eigenvalue weighted by atomic mass is 19.3. The summed E-state index contributed by atoms with van der Waals surface area (Å²) in [4.78, 5) is 0. The van der Waals surface area contributed by atoms with Crippen LogP contribution >= 0.6 is 0 Å². The van der Waals surface area contributed by atoms with Crippen LogP contribution in [0.25, 0.3) is 0 Å². The summed E-state index contributed by atoms with van der Waals surface area (Å²) < 4.78 is 28.5. The van der Waals surface area contributed by atoms with Gasteiger partial charge < -0.3 is 10.1 Å². The average Bonchev–Trinajstić information content (AvgIpc) is 2.15. The topological polar surface area (TPSA) is 21.3 Å². The van der Waals surface area contributed by atoms with Crippen molar-refractivity contribution in [1.29, 1.82) is 0 Å². The third-order valence-electron chi connectivity index (χ3n) is 2.34. The Bertz CT molecular complexity index is 133. The van der Waals surface area contributed by atoms with Gasteiger partial charge in [0.15, 0.2) is 0 Å². The minimum Gasteiger partial charge on any atom is -0.374 e. The number of likely N-dealkylation sites (N-methyl/N-ethyl adjacent to an activating group) is 1. The summed E-state index contributed by atoms with van der Waals surface area (Å²) in [6.45, 7) is 6.93. The van der Waals surface area contributed by atoms with E-state index in [1.54, 1.807) is 0 Å². The molecule has 0 bridgehead atoms. The molecule has 0 radical (unpaired) electrons. The van der Waals surface area contributed by atoms with E-state index in [4.69, 9.17) is 4.74 Å². The summed E-state index contributed by atoms with van der Waals surface area (Å²) in [5.41, 5.74) is 0. The molecule has 0 amide bonds. The van der Waals surface area contributed by atoms with Gasteiger partial charge in [0.05, 0.1) is 6.61 Å². The predicted molar refractivity (Wildman–Crippen MR) is 53.7 cm³/mol. The Labute approximate surface area is 85.0 Å². The lowest BCUT2D eigenvalue weighted by molar-refractivity contribution is 0.00419. The van der Waals surface area contributed by atoms with Crippen molar-refractivity contribution in [2.75, 3.05) is 19.8 Å². The van der Waals surface area contributed by atoms with E-state index in [1.165, 1.54) is 0 Å². The van der Waals surface area contributed by atoms with E-state index in [0.29, 0.717) is 12.5 Å². The zero-order chi connectivity index (χ0) is 11.0. The van der Waals surface area contributed by atoms with Gasteiger partial charge >= 0.3 is 0 Å². The fraction of sp³-hybridized carbons (Fsp3) is 1.00. The van der Waals surface area contributed by atoms with E-state index in [-0.39, 0.29) is 6.04 Å². The first-order chi connectivity index (χ1) is 6.61. The SMILES string of the molecule is CCNC(COCC(F)F)C(C)CC.